The van der Waals surface area contributed by atoms with Gasteiger partial charge in [-0.25, -0.2) is 0 Å². The predicted molar refractivity (Wildman–Crippen MR) is 87.4 cm³/mol. The molecule has 21 heavy (non-hydrogen) atoms. The van der Waals surface area contributed by atoms with E-state index in [0.717, 1.165) is 12.8 Å². The summed E-state index contributed by atoms with van der Waals surface area (Å²) in [5.74, 6) is -0.0753. The maximum Gasteiger partial charge on any atom is 0.193 e. The summed E-state index contributed by atoms with van der Waals surface area (Å²) in [5, 5.41) is 0.594. The van der Waals surface area contributed by atoms with Crippen molar-refractivity contribution < 1.29 is 4.79 Å². The van der Waals surface area contributed by atoms with E-state index in [1.807, 2.05) is 12.1 Å². The van der Waals surface area contributed by atoms with Gasteiger partial charge >= 0.3 is 0 Å². The van der Waals surface area contributed by atoms with E-state index < -0.39 is 0 Å². The predicted octanol–water partition coefficient (Wildman–Crippen LogP) is 4.69. The van der Waals surface area contributed by atoms with E-state index in [4.69, 9.17) is 28.9 Å². The van der Waals surface area contributed by atoms with Crippen molar-refractivity contribution in [2.24, 2.45) is 0 Å². The molecule has 1 aliphatic carbocycles. The summed E-state index contributed by atoms with van der Waals surface area (Å²) in [6.07, 6.45) is 4.55. The minimum Gasteiger partial charge on any atom is -0.397 e. The van der Waals surface area contributed by atoms with Gasteiger partial charge < -0.3 is 5.73 Å². The molecule has 0 atom stereocenters. The first-order chi connectivity index (χ1) is 10.1. The van der Waals surface area contributed by atoms with E-state index in [1.54, 1.807) is 12.1 Å². The van der Waals surface area contributed by atoms with Crippen LogP contribution in [0.25, 0.3) is 0 Å². The molecule has 2 aromatic carbocycles. The fraction of sp³-hybridized carbons (Fsp3) is 0.235. The third-order valence-electron chi connectivity index (χ3n) is 3.93. The lowest BCUT2D eigenvalue weighted by Crippen LogP contribution is -2.07. The van der Waals surface area contributed by atoms with Crippen molar-refractivity contribution in [2.75, 3.05) is 5.73 Å². The summed E-state index contributed by atoms with van der Waals surface area (Å²) in [7, 11) is 0. The Hall–Kier alpha value is -1.51. The third-order valence-corrected chi connectivity index (χ3v) is 4.75. The number of halogens is 2. The second-order valence-corrected chi connectivity index (χ2v) is 6.17. The lowest BCUT2D eigenvalue weighted by Gasteiger charge is -2.16. The average Bonchev–Trinajstić information content (AvgIpc) is 2.51. The minimum atomic E-state index is -0.0753. The number of aryl methyl sites for hydroxylation is 2. The van der Waals surface area contributed by atoms with E-state index in [2.05, 4.69) is 6.07 Å². The summed E-state index contributed by atoms with van der Waals surface area (Å²) >= 11 is 11.9. The van der Waals surface area contributed by atoms with Crippen LogP contribution in [0.5, 0.6) is 0 Å². The van der Waals surface area contributed by atoms with Gasteiger partial charge in [-0.3, -0.25) is 4.79 Å². The summed E-state index contributed by atoms with van der Waals surface area (Å²) in [6.45, 7) is 0. The zero-order valence-electron chi connectivity index (χ0n) is 11.5. The number of hydrogen-bond acceptors (Lipinski definition) is 2. The normalized spacial score (nSPS) is 13.8. The number of nitrogens with two attached hydrogens (primary N) is 1. The number of hydrogen-bond donors (Lipinski definition) is 1. The molecule has 0 heterocycles. The van der Waals surface area contributed by atoms with Gasteiger partial charge in [0.1, 0.15) is 0 Å². The Morgan fingerprint density at radius 2 is 1.67 bits per heavy atom. The highest BCUT2D eigenvalue weighted by Gasteiger charge is 2.16. The Kier molecular flexibility index (Phi) is 3.92. The molecule has 0 radical (unpaired) electrons. The second-order valence-electron chi connectivity index (χ2n) is 5.38. The van der Waals surface area contributed by atoms with Crippen molar-refractivity contribution in [3.8, 4) is 0 Å². The van der Waals surface area contributed by atoms with E-state index in [9.17, 15) is 4.79 Å². The second kappa shape index (κ2) is 5.70. The van der Waals surface area contributed by atoms with Crippen molar-refractivity contribution in [1.82, 2.24) is 0 Å². The van der Waals surface area contributed by atoms with E-state index in [0.29, 0.717) is 26.9 Å². The SMILES string of the molecule is Nc1cc(C(=O)c2ccc3c(c2)CCCC3)cc(Cl)c1Cl. The number of carbonyl (C=O) groups is 1. The van der Waals surface area contributed by atoms with Crippen LogP contribution in [0.3, 0.4) is 0 Å². The molecule has 0 unspecified atom stereocenters. The van der Waals surface area contributed by atoms with Gasteiger partial charge in [-0.05, 0) is 55.0 Å². The van der Waals surface area contributed by atoms with Gasteiger partial charge in [0.15, 0.2) is 5.78 Å². The van der Waals surface area contributed by atoms with Gasteiger partial charge in [-0.15, -0.1) is 0 Å². The third kappa shape index (κ3) is 2.78. The maximum atomic E-state index is 12.6. The van der Waals surface area contributed by atoms with Gasteiger partial charge in [-0.1, -0.05) is 35.3 Å². The highest BCUT2D eigenvalue weighted by molar-refractivity contribution is 6.44. The first kappa shape index (κ1) is 14.4. The zero-order chi connectivity index (χ0) is 15.0. The molecule has 2 aromatic rings. The number of fused-ring (bicyclic) bond motifs is 1. The van der Waals surface area contributed by atoms with Crippen molar-refractivity contribution in [1.29, 1.82) is 0 Å². The molecule has 2 nitrogen and oxygen atoms in total. The van der Waals surface area contributed by atoms with Gasteiger partial charge in [0.05, 0.1) is 15.7 Å². The highest BCUT2D eigenvalue weighted by atomic mass is 35.5. The topological polar surface area (TPSA) is 43.1 Å². The number of ketones is 1. The maximum absolute atomic E-state index is 12.6. The summed E-state index contributed by atoms with van der Waals surface area (Å²) in [6, 6.07) is 9.08. The standard InChI is InChI=1S/C17H15Cl2NO/c18-14-8-13(9-15(20)16(14)19)17(21)12-6-5-10-3-1-2-4-11(10)7-12/h5-9H,1-4,20H2. The average molecular weight is 320 g/mol. The lowest BCUT2D eigenvalue weighted by molar-refractivity contribution is 0.103. The first-order valence-electron chi connectivity index (χ1n) is 6.97. The monoisotopic (exact) mass is 319 g/mol. The first-order valence-corrected chi connectivity index (χ1v) is 7.73. The fourth-order valence-corrected chi connectivity index (χ4v) is 3.12. The number of rotatable bonds is 2. The zero-order valence-corrected chi connectivity index (χ0v) is 13.0. The Balaban J connectivity index is 1.99. The largest absolute Gasteiger partial charge is 0.397 e. The molecule has 0 aliphatic heterocycles. The van der Waals surface area contributed by atoms with Crippen LogP contribution in [0, 0.1) is 0 Å². The van der Waals surface area contributed by atoms with Crippen molar-refractivity contribution in [3.63, 3.8) is 0 Å². The van der Waals surface area contributed by atoms with Gasteiger partial charge in [-0.2, -0.15) is 0 Å². The van der Waals surface area contributed by atoms with Crippen LogP contribution in [-0.4, -0.2) is 5.78 Å². The molecule has 0 saturated heterocycles. The molecular weight excluding hydrogens is 305 g/mol. The van der Waals surface area contributed by atoms with Crippen molar-refractivity contribution in [2.45, 2.75) is 25.7 Å². The smallest absolute Gasteiger partial charge is 0.193 e. The number of nitrogen functional groups attached to an aromatic ring is 1. The van der Waals surface area contributed by atoms with Crippen LogP contribution in [0.15, 0.2) is 30.3 Å². The van der Waals surface area contributed by atoms with Crippen molar-refractivity contribution >= 4 is 34.7 Å². The molecule has 1 aliphatic rings. The number of benzene rings is 2. The van der Waals surface area contributed by atoms with E-state index in [1.165, 1.54) is 24.0 Å². The molecule has 108 valence electrons. The Labute approximate surface area is 133 Å². The molecule has 2 N–H and O–H groups in total. The quantitative estimate of drug-likeness (QED) is 0.644. The van der Waals surface area contributed by atoms with Gasteiger partial charge in [0, 0.05) is 11.1 Å². The minimum absolute atomic E-state index is 0.0753. The molecule has 0 saturated carbocycles. The Morgan fingerprint density at radius 1 is 0.952 bits per heavy atom. The Morgan fingerprint density at radius 3 is 2.38 bits per heavy atom. The van der Waals surface area contributed by atoms with Crippen molar-refractivity contribution in [3.05, 3.63) is 62.6 Å². The Bertz CT molecular complexity index is 702. The van der Waals surface area contributed by atoms with Crippen LogP contribution in [-0.2, 0) is 12.8 Å². The van der Waals surface area contributed by atoms with Crippen LogP contribution in [0.1, 0.15) is 39.9 Å². The molecule has 3 rings (SSSR count). The molecule has 0 bridgehead atoms. The fourth-order valence-electron chi connectivity index (χ4n) is 2.78. The van der Waals surface area contributed by atoms with Crippen LogP contribution < -0.4 is 5.73 Å². The van der Waals surface area contributed by atoms with Crippen LogP contribution in [0.2, 0.25) is 10.0 Å². The van der Waals surface area contributed by atoms with Crippen LogP contribution >= 0.6 is 23.2 Å². The van der Waals surface area contributed by atoms with Gasteiger partial charge in [0.25, 0.3) is 0 Å². The summed E-state index contributed by atoms with van der Waals surface area (Å²) in [5.41, 5.74) is 9.88. The molecular formula is C17H15Cl2NO. The molecule has 0 spiro atoms. The highest BCUT2D eigenvalue weighted by Crippen LogP contribution is 2.31. The summed E-state index contributed by atoms with van der Waals surface area (Å²) < 4.78 is 0. The molecule has 0 aromatic heterocycles. The van der Waals surface area contributed by atoms with E-state index in [-0.39, 0.29) is 5.78 Å². The summed E-state index contributed by atoms with van der Waals surface area (Å²) in [4.78, 5) is 12.6. The van der Waals surface area contributed by atoms with E-state index >= 15 is 0 Å². The number of anilines is 1. The molecule has 0 fully saturated rings. The molecule has 4 heteroatoms. The lowest BCUT2D eigenvalue weighted by atomic mass is 9.89. The van der Waals surface area contributed by atoms with Gasteiger partial charge in [0.2, 0.25) is 0 Å². The molecule has 0 amide bonds. The number of carbonyl (C=O) groups excluding carboxylic acids is 1. The van der Waals surface area contributed by atoms with Crippen LogP contribution in [0.4, 0.5) is 5.69 Å².